The van der Waals surface area contributed by atoms with Crippen LogP contribution in [-0.2, 0) is 12.0 Å². The molecular formula is C17H19F2N. The number of para-hydroxylation sites is 1. The van der Waals surface area contributed by atoms with Gasteiger partial charge in [-0.25, -0.2) is 8.78 Å². The van der Waals surface area contributed by atoms with Gasteiger partial charge in [0.05, 0.1) is 0 Å². The molecule has 0 bridgehead atoms. The molecule has 0 saturated carbocycles. The lowest BCUT2D eigenvalue weighted by atomic mass is 9.87. The van der Waals surface area contributed by atoms with Gasteiger partial charge in [-0.15, -0.1) is 0 Å². The van der Waals surface area contributed by atoms with E-state index < -0.39 is 11.6 Å². The van der Waals surface area contributed by atoms with E-state index in [1.165, 1.54) is 23.8 Å². The number of hydrogen-bond donors (Lipinski definition) is 1. The van der Waals surface area contributed by atoms with Gasteiger partial charge >= 0.3 is 0 Å². The average molecular weight is 275 g/mol. The van der Waals surface area contributed by atoms with E-state index in [1.54, 1.807) is 0 Å². The van der Waals surface area contributed by atoms with Crippen molar-refractivity contribution in [1.82, 2.24) is 0 Å². The Hall–Kier alpha value is -1.90. The summed E-state index contributed by atoms with van der Waals surface area (Å²) in [6, 6.07) is 11.9. The molecule has 0 aliphatic carbocycles. The molecule has 0 unspecified atom stereocenters. The lowest BCUT2D eigenvalue weighted by Crippen LogP contribution is -2.11. The van der Waals surface area contributed by atoms with Gasteiger partial charge in [0.15, 0.2) is 0 Å². The monoisotopic (exact) mass is 275 g/mol. The molecular weight excluding hydrogens is 256 g/mol. The van der Waals surface area contributed by atoms with E-state index in [1.807, 2.05) is 12.1 Å². The fraction of sp³-hybridized carbons (Fsp3) is 0.294. The second-order valence-corrected chi connectivity index (χ2v) is 5.90. The summed E-state index contributed by atoms with van der Waals surface area (Å²) in [5.41, 5.74) is 2.25. The maximum Gasteiger partial charge on any atom is 0.149 e. The quantitative estimate of drug-likeness (QED) is 0.842. The van der Waals surface area contributed by atoms with Crippen molar-refractivity contribution in [2.24, 2.45) is 0 Å². The summed E-state index contributed by atoms with van der Waals surface area (Å²) >= 11 is 0. The predicted molar refractivity (Wildman–Crippen MR) is 78.8 cm³/mol. The molecule has 0 atom stereocenters. The van der Waals surface area contributed by atoms with Gasteiger partial charge in [-0.2, -0.15) is 0 Å². The molecule has 2 aromatic carbocycles. The van der Waals surface area contributed by atoms with Crippen molar-refractivity contribution in [2.45, 2.75) is 32.7 Å². The molecule has 20 heavy (non-hydrogen) atoms. The molecule has 0 aliphatic heterocycles. The summed E-state index contributed by atoms with van der Waals surface area (Å²) in [5.74, 6) is -1.15. The molecule has 2 rings (SSSR count). The Bertz CT molecular complexity index is 563. The maximum atomic E-state index is 13.5. The van der Waals surface area contributed by atoms with Crippen molar-refractivity contribution < 1.29 is 8.78 Å². The highest BCUT2D eigenvalue weighted by Crippen LogP contribution is 2.23. The van der Waals surface area contributed by atoms with Crippen LogP contribution >= 0.6 is 0 Å². The second-order valence-electron chi connectivity index (χ2n) is 5.90. The van der Waals surface area contributed by atoms with E-state index in [9.17, 15) is 8.78 Å². The molecule has 1 nitrogen and oxygen atoms in total. The van der Waals surface area contributed by atoms with Crippen LogP contribution in [0.5, 0.6) is 0 Å². The van der Waals surface area contributed by atoms with E-state index in [4.69, 9.17) is 0 Å². The Morgan fingerprint density at radius 2 is 1.45 bits per heavy atom. The third-order valence-corrected chi connectivity index (χ3v) is 3.25. The third-order valence-electron chi connectivity index (χ3n) is 3.25. The Kier molecular flexibility index (Phi) is 4.07. The topological polar surface area (TPSA) is 12.0 Å². The molecule has 1 N–H and O–H groups in total. The molecule has 2 aromatic rings. The van der Waals surface area contributed by atoms with Gasteiger partial charge in [0.2, 0.25) is 0 Å². The van der Waals surface area contributed by atoms with E-state index in [2.05, 4.69) is 38.2 Å². The zero-order valence-corrected chi connectivity index (χ0v) is 12.0. The fourth-order valence-electron chi connectivity index (χ4n) is 1.98. The van der Waals surface area contributed by atoms with Crippen LogP contribution in [0.3, 0.4) is 0 Å². The maximum absolute atomic E-state index is 13.5. The minimum Gasteiger partial charge on any atom is -0.376 e. The average Bonchev–Trinajstić information content (AvgIpc) is 2.37. The first kappa shape index (κ1) is 14.5. The highest BCUT2D eigenvalue weighted by atomic mass is 19.1. The molecule has 0 saturated heterocycles. The van der Waals surface area contributed by atoms with E-state index in [0.717, 1.165) is 5.56 Å². The summed E-state index contributed by atoms with van der Waals surface area (Å²) in [5, 5.41) is 2.81. The minimum atomic E-state index is -0.573. The molecule has 3 heteroatoms. The Morgan fingerprint density at radius 3 is 1.95 bits per heavy atom. The molecule has 0 amide bonds. The number of anilines is 1. The summed E-state index contributed by atoms with van der Waals surface area (Å²) in [6.07, 6.45) is 0. The van der Waals surface area contributed by atoms with Crippen molar-refractivity contribution in [1.29, 1.82) is 0 Å². The van der Waals surface area contributed by atoms with E-state index in [0.29, 0.717) is 6.54 Å². The third kappa shape index (κ3) is 3.35. The van der Waals surface area contributed by atoms with Crippen LogP contribution in [0.25, 0.3) is 0 Å². The first-order valence-electron chi connectivity index (χ1n) is 6.65. The van der Waals surface area contributed by atoms with Crippen molar-refractivity contribution in [3.8, 4) is 0 Å². The smallest absolute Gasteiger partial charge is 0.149 e. The van der Waals surface area contributed by atoms with Crippen molar-refractivity contribution in [2.75, 3.05) is 5.32 Å². The van der Waals surface area contributed by atoms with Crippen LogP contribution in [0.4, 0.5) is 14.5 Å². The van der Waals surface area contributed by atoms with Gasteiger partial charge in [0.1, 0.15) is 17.3 Å². The van der Waals surface area contributed by atoms with Crippen molar-refractivity contribution in [3.63, 3.8) is 0 Å². The van der Waals surface area contributed by atoms with Gasteiger partial charge in [0, 0.05) is 6.54 Å². The number of benzene rings is 2. The zero-order valence-electron chi connectivity index (χ0n) is 12.0. The van der Waals surface area contributed by atoms with Gasteiger partial charge in [-0.3, -0.25) is 0 Å². The number of halogens is 2. The SMILES string of the molecule is CC(C)(C)c1ccc(CNc2c(F)cccc2F)cc1. The van der Waals surface area contributed by atoms with E-state index in [-0.39, 0.29) is 11.1 Å². The van der Waals surface area contributed by atoms with Gasteiger partial charge in [-0.05, 0) is 28.7 Å². The minimum absolute atomic E-state index is 0.0765. The van der Waals surface area contributed by atoms with E-state index >= 15 is 0 Å². The standard InChI is InChI=1S/C17H19F2N/c1-17(2,3)13-9-7-12(8-10-13)11-20-16-14(18)5-4-6-15(16)19/h4-10,20H,11H2,1-3H3. The second kappa shape index (κ2) is 5.61. The number of rotatable bonds is 3. The first-order valence-corrected chi connectivity index (χ1v) is 6.65. The Morgan fingerprint density at radius 1 is 0.900 bits per heavy atom. The lowest BCUT2D eigenvalue weighted by molar-refractivity contribution is 0.587. The normalized spacial score (nSPS) is 11.4. The number of nitrogens with one attached hydrogen (secondary N) is 1. The predicted octanol–water partition coefficient (Wildman–Crippen LogP) is 4.87. The van der Waals surface area contributed by atoms with Crippen LogP contribution in [0.15, 0.2) is 42.5 Å². The first-order chi connectivity index (χ1) is 9.38. The lowest BCUT2D eigenvalue weighted by Gasteiger charge is -2.19. The summed E-state index contributed by atoms with van der Waals surface area (Å²) in [4.78, 5) is 0. The largest absolute Gasteiger partial charge is 0.376 e. The highest BCUT2D eigenvalue weighted by molar-refractivity contribution is 5.46. The van der Waals surface area contributed by atoms with Crippen LogP contribution in [0.1, 0.15) is 31.9 Å². The van der Waals surface area contributed by atoms with Crippen molar-refractivity contribution >= 4 is 5.69 Å². The summed E-state index contributed by atoms with van der Waals surface area (Å²) in [6.45, 7) is 6.83. The summed E-state index contributed by atoms with van der Waals surface area (Å²) in [7, 11) is 0. The van der Waals surface area contributed by atoms with Crippen LogP contribution in [-0.4, -0.2) is 0 Å². The molecule has 0 aliphatic rings. The molecule has 0 radical (unpaired) electrons. The number of hydrogen-bond acceptors (Lipinski definition) is 1. The fourth-order valence-corrected chi connectivity index (χ4v) is 1.98. The van der Waals surface area contributed by atoms with Gasteiger partial charge in [0.25, 0.3) is 0 Å². The molecule has 0 heterocycles. The zero-order chi connectivity index (χ0) is 14.8. The molecule has 0 aromatic heterocycles. The van der Waals surface area contributed by atoms with Crippen LogP contribution < -0.4 is 5.32 Å². The Balaban J connectivity index is 2.08. The van der Waals surface area contributed by atoms with Crippen LogP contribution in [0, 0.1) is 11.6 Å². The molecule has 106 valence electrons. The Labute approximate surface area is 118 Å². The summed E-state index contributed by atoms with van der Waals surface area (Å²) < 4.78 is 26.9. The molecule has 0 fully saturated rings. The van der Waals surface area contributed by atoms with Gasteiger partial charge < -0.3 is 5.32 Å². The van der Waals surface area contributed by atoms with Gasteiger partial charge in [-0.1, -0.05) is 51.1 Å². The van der Waals surface area contributed by atoms with Crippen LogP contribution in [0.2, 0.25) is 0 Å². The highest BCUT2D eigenvalue weighted by Gasteiger charge is 2.13. The van der Waals surface area contributed by atoms with Crippen molar-refractivity contribution in [3.05, 3.63) is 65.2 Å². The molecule has 0 spiro atoms.